The van der Waals surface area contributed by atoms with Gasteiger partial charge in [0.25, 0.3) is 5.69 Å². The third-order valence-corrected chi connectivity index (χ3v) is 7.38. The highest BCUT2D eigenvalue weighted by atomic mass is 32.2. The van der Waals surface area contributed by atoms with Crippen LogP contribution in [0.15, 0.2) is 78.9 Å². The highest BCUT2D eigenvalue weighted by Gasteiger charge is 2.34. The standard InChI is InChI=1S/C29H34N4O6S/c1-21(2)30-29(35)27(17-23-11-7-5-8-12-23)31(19-24-13-9-6-10-14-24)28(34)20-32(40(4,38)39)26-18-25(33(36)37)16-15-22(26)3/h5-16,18,21,27H,17,19-20H2,1-4H3,(H,30,35). The molecule has 0 bridgehead atoms. The zero-order valence-corrected chi connectivity index (χ0v) is 23.8. The molecular formula is C29H34N4O6S. The normalized spacial score (nSPS) is 12.0. The monoisotopic (exact) mass is 566 g/mol. The van der Waals surface area contributed by atoms with Crippen molar-refractivity contribution in [2.75, 3.05) is 17.1 Å². The van der Waals surface area contributed by atoms with Crippen LogP contribution in [-0.4, -0.2) is 54.9 Å². The molecule has 1 N–H and O–H groups in total. The first-order valence-electron chi connectivity index (χ1n) is 12.8. The van der Waals surface area contributed by atoms with Gasteiger partial charge in [-0.15, -0.1) is 0 Å². The van der Waals surface area contributed by atoms with Gasteiger partial charge in [-0.2, -0.15) is 0 Å². The third-order valence-electron chi connectivity index (χ3n) is 6.25. The number of nitro groups is 1. The summed E-state index contributed by atoms with van der Waals surface area (Å²) in [6.07, 6.45) is 1.14. The zero-order chi connectivity index (χ0) is 29.4. The molecule has 40 heavy (non-hydrogen) atoms. The van der Waals surface area contributed by atoms with Crippen LogP contribution in [-0.2, 0) is 32.6 Å². The van der Waals surface area contributed by atoms with E-state index in [0.29, 0.717) is 5.56 Å². The molecule has 1 unspecified atom stereocenters. The lowest BCUT2D eigenvalue weighted by atomic mass is 10.0. The number of carbonyl (C=O) groups excluding carboxylic acids is 2. The van der Waals surface area contributed by atoms with Gasteiger partial charge in [-0.1, -0.05) is 66.7 Å². The van der Waals surface area contributed by atoms with Crippen LogP contribution in [0.4, 0.5) is 11.4 Å². The molecule has 0 heterocycles. The van der Waals surface area contributed by atoms with Crippen LogP contribution < -0.4 is 9.62 Å². The molecule has 212 valence electrons. The Morgan fingerprint density at radius 2 is 1.52 bits per heavy atom. The fraction of sp³-hybridized carbons (Fsp3) is 0.310. The summed E-state index contributed by atoms with van der Waals surface area (Å²) in [6, 6.07) is 21.0. The number of nitrogens with zero attached hydrogens (tertiary/aromatic N) is 3. The molecule has 0 fully saturated rings. The van der Waals surface area contributed by atoms with E-state index in [-0.39, 0.29) is 36.3 Å². The van der Waals surface area contributed by atoms with Crippen LogP contribution >= 0.6 is 0 Å². The molecule has 0 radical (unpaired) electrons. The molecule has 0 saturated heterocycles. The second-order valence-corrected chi connectivity index (χ2v) is 11.8. The van der Waals surface area contributed by atoms with Gasteiger partial charge in [0.05, 0.1) is 16.9 Å². The fourth-order valence-corrected chi connectivity index (χ4v) is 5.19. The van der Waals surface area contributed by atoms with Gasteiger partial charge in [0, 0.05) is 31.1 Å². The molecule has 3 aromatic carbocycles. The number of nitro benzene ring substituents is 1. The van der Waals surface area contributed by atoms with Gasteiger partial charge >= 0.3 is 0 Å². The number of hydrogen-bond acceptors (Lipinski definition) is 6. The van der Waals surface area contributed by atoms with E-state index >= 15 is 0 Å². The van der Waals surface area contributed by atoms with Crippen molar-refractivity contribution in [3.63, 3.8) is 0 Å². The number of amides is 2. The van der Waals surface area contributed by atoms with E-state index in [2.05, 4.69) is 5.32 Å². The van der Waals surface area contributed by atoms with Crippen molar-refractivity contribution in [3.8, 4) is 0 Å². The summed E-state index contributed by atoms with van der Waals surface area (Å²) in [5.74, 6) is -0.999. The smallest absolute Gasteiger partial charge is 0.271 e. The average molecular weight is 567 g/mol. The van der Waals surface area contributed by atoms with Crippen LogP contribution in [0.3, 0.4) is 0 Å². The predicted molar refractivity (Wildman–Crippen MR) is 154 cm³/mol. The lowest BCUT2D eigenvalue weighted by Gasteiger charge is -2.34. The molecule has 10 nitrogen and oxygen atoms in total. The first-order chi connectivity index (χ1) is 18.9. The SMILES string of the molecule is Cc1ccc([N+](=O)[O-])cc1N(CC(=O)N(Cc1ccccc1)C(Cc1ccccc1)C(=O)NC(C)C)S(C)(=O)=O. The minimum atomic E-state index is -4.05. The van der Waals surface area contributed by atoms with E-state index < -0.39 is 33.4 Å². The van der Waals surface area contributed by atoms with Crippen molar-refractivity contribution < 1.29 is 22.9 Å². The molecule has 1 atom stereocenters. The number of rotatable bonds is 12. The van der Waals surface area contributed by atoms with Gasteiger partial charge in [0.1, 0.15) is 12.6 Å². The van der Waals surface area contributed by atoms with Crippen molar-refractivity contribution in [2.45, 2.75) is 45.8 Å². The molecule has 0 aliphatic heterocycles. The van der Waals surface area contributed by atoms with Crippen LogP contribution in [0, 0.1) is 17.0 Å². The molecule has 3 aromatic rings. The summed E-state index contributed by atoms with van der Waals surface area (Å²) >= 11 is 0. The summed E-state index contributed by atoms with van der Waals surface area (Å²) in [6.45, 7) is 4.65. The second-order valence-electron chi connectivity index (χ2n) is 9.87. The van der Waals surface area contributed by atoms with Gasteiger partial charge in [0.15, 0.2) is 0 Å². The number of sulfonamides is 1. The summed E-state index contributed by atoms with van der Waals surface area (Å²) < 4.78 is 26.7. The quantitative estimate of drug-likeness (QED) is 0.262. The number of anilines is 1. The number of non-ortho nitro benzene ring substituents is 1. The third kappa shape index (κ3) is 8.12. The van der Waals surface area contributed by atoms with Crippen LogP contribution in [0.25, 0.3) is 0 Å². The Kier molecular flexibility index (Phi) is 10.0. The van der Waals surface area contributed by atoms with Crippen molar-refractivity contribution in [1.82, 2.24) is 10.2 Å². The topological polar surface area (TPSA) is 130 Å². The van der Waals surface area contributed by atoms with Crippen molar-refractivity contribution in [1.29, 1.82) is 0 Å². The maximum absolute atomic E-state index is 14.0. The second kappa shape index (κ2) is 13.2. The first kappa shape index (κ1) is 30.3. The van der Waals surface area contributed by atoms with Crippen molar-refractivity contribution in [2.24, 2.45) is 0 Å². The summed E-state index contributed by atoms with van der Waals surface area (Å²) in [7, 11) is -4.05. The Morgan fingerprint density at radius 1 is 0.950 bits per heavy atom. The van der Waals surface area contributed by atoms with Crippen molar-refractivity contribution >= 4 is 33.2 Å². The highest BCUT2D eigenvalue weighted by molar-refractivity contribution is 7.92. The molecular weight excluding hydrogens is 532 g/mol. The van der Waals surface area contributed by atoms with Gasteiger partial charge in [0.2, 0.25) is 21.8 Å². The molecule has 0 aliphatic carbocycles. The first-order valence-corrected chi connectivity index (χ1v) is 14.6. The molecule has 0 aliphatic rings. The molecule has 0 spiro atoms. The largest absolute Gasteiger partial charge is 0.352 e. The Labute approximate surface area is 234 Å². The highest BCUT2D eigenvalue weighted by Crippen LogP contribution is 2.28. The van der Waals surface area contributed by atoms with Crippen LogP contribution in [0.2, 0.25) is 0 Å². The molecule has 3 rings (SSSR count). The Balaban J connectivity index is 2.09. The van der Waals surface area contributed by atoms with E-state index in [4.69, 9.17) is 0 Å². The minimum Gasteiger partial charge on any atom is -0.352 e. The number of nitrogens with one attached hydrogen (secondary N) is 1. The van der Waals surface area contributed by atoms with E-state index in [9.17, 15) is 28.1 Å². The fourth-order valence-electron chi connectivity index (χ4n) is 4.29. The minimum absolute atomic E-state index is 0.0240. The number of hydrogen-bond donors (Lipinski definition) is 1. The predicted octanol–water partition coefficient (Wildman–Crippen LogP) is 3.83. The van der Waals surface area contributed by atoms with Crippen LogP contribution in [0.1, 0.15) is 30.5 Å². The number of carbonyl (C=O) groups is 2. The molecule has 11 heteroatoms. The maximum atomic E-state index is 14.0. The lowest BCUT2D eigenvalue weighted by Crippen LogP contribution is -2.54. The van der Waals surface area contributed by atoms with E-state index in [1.807, 2.05) is 74.5 Å². The Morgan fingerprint density at radius 3 is 2.05 bits per heavy atom. The van der Waals surface area contributed by atoms with Gasteiger partial charge in [-0.25, -0.2) is 8.42 Å². The summed E-state index contributed by atoms with van der Waals surface area (Å²) in [4.78, 5) is 39.7. The summed E-state index contributed by atoms with van der Waals surface area (Å²) in [5.41, 5.74) is 1.74. The van der Waals surface area contributed by atoms with E-state index in [1.54, 1.807) is 6.92 Å². The van der Waals surface area contributed by atoms with Crippen molar-refractivity contribution in [3.05, 3.63) is 106 Å². The van der Waals surface area contributed by atoms with E-state index in [1.165, 1.54) is 17.0 Å². The number of aryl methyl sites for hydroxylation is 1. The Hall–Kier alpha value is -4.25. The van der Waals surface area contributed by atoms with E-state index in [0.717, 1.165) is 27.8 Å². The lowest BCUT2D eigenvalue weighted by molar-refractivity contribution is -0.384. The zero-order valence-electron chi connectivity index (χ0n) is 23.0. The van der Waals surface area contributed by atoms with Gasteiger partial charge < -0.3 is 10.2 Å². The number of benzene rings is 3. The van der Waals surface area contributed by atoms with Crippen LogP contribution in [0.5, 0.6) is 0 Å². The molecule has 0 aromatic heterocycles. The average Bonchev–Trinajstić information content (AvgIpc) is 2.89. The van der Waals surface area contributed by atoms with Gasteiger partial charge in [-0.05, 0) is 37.5 Å². The van der Waals surface area contributed by atoms with Gasteiger partial charge in [-0.3, -0.25) is 24.0 Å². The summed E-state index contributed by atoms with van der Waals surface area (Å²) in [5, 5.41) is 14.3. The molecule has 0 saturated carbocycles. The maximum Gasteiger partial charge on any atom is 0.271 e. The molecule has 2 amide bonds. The Bertz CT molecular complexity index is 1450.